The van der Waals surface area contributed by atoms with Gasteiger partial charge in [0.1, 0.15) is 5.15 Å². The number of benzene rings is 1. The minimum atomic E-state index is -1.18. The molecule has 0 aliphatic heterocycles. The maximum absolute atomic E-state index is 12.3. The van der Waals surface area contributed by atoms with Crippen molar-refractivity contribution in [3.05, 3.63) is 57.3 Å². The normalized spacial score (nSPS) is 10.3. The van der Waals surface area contributed by atoms with E-state index in [1.807, 2.05) is 6.92 Å². The fourth-order valence-electron chi connectivity index (χ4n) is 1.93. The Bertz CT molecular complexity index is 748. The molecule has 0 fully saturated rings. The maximum atomic E-state index is 12.3. The molecule has 1 amide bonds. The number of nitrogens with zero attached hydrogens (tertiary/aromatic N) is 1. The monoisotopic (exact) mass is 338 g/mol. The molecule has 0 aliphatic rings. The number of nitrogens with one attached hydrogen (secondary N) is 1. The van der Waals surface area contributed by atoms with Crippen molar-refractivity contribution in [3.63, 3.8) is 0 Å². The molecule has 0 aliphatic carbocycles. The molecule has 1 aromatic heterocycles. The number of amides is 1. The molecule has 114 valence electrons. The highest BCUT2D eigenvalue weighted by molar-refractivity contribution is 6.36. The fourth-order valence-corrected chi connectivity index (χ4v) is 2.48. The summed E-state index contributed by atoms with van der Waals surface area (Å²) in [5, 5.41) is 12.0. The first kappa shape index (κ1) is 16.3. The molecule has 0 atom stereocenters. The first-order valence-corrected chi connectivity index (χ1v) is 7.17. The Balaban J connectivity index is 2.46. The second-order valence-electron chi connectivity index (χ2n) is 4.42. The Kier molecular flexibility index (Phi) is 5.00. The van der Waals surface area contributed by atoms with E-state index >= 15 is 0 Å². The van der Waals surface area contributed by atoms with Gasteiger partial charge in [0.15, 0.2) is 0 Å². The van der Waals surface area contributed by atoms with Crippen LogP contribution in [0.1, 0.15) is 33.2 Å². The maximum Gasteiger partial charge on any atom is 0.337 e. The van der Waals surface area contributed by atoms with E-state index in [0.717, 1.165) is 5.56 Å². The van der Waals surface area contributed by atoms with E-state index in [4.69, 9.17) is 23.2 Å². The first-order chi connectivity index (χ1) is 10.5. The molecular weight excluding hydrogens is 327 g/mol. The number of carbonyl (C=O) groups is 2. The van der Waals surface area contributed by atoms with Gasteiger partial charge < -0.3 is 10.4 Å². The number of carboxylic acid groups (broad SMARTS) is 1. The lowest BCUT2D eigenvalue weighted by atomic mass is 10.1. The second-order valence-corrected chi connectivity index (χ2v) is 5.15. The van der Waals surface area contributed by atoms with E-state index in [1.54, 1.807) is 12.1 Å². The molecule has 0 saturated carbocycles. The number of aromatic nitrogens is 1. The first-order valence-electron chi connectivity index (χ1n) is 6.42. The van der Waals surface area contributed by atoms with Crippen molar-refractivity contribution in [1.82, 2.24) is 4.98 Å². The summed E-state index contributed by atoms with van der Waals surface area (Å²) in [6.45, 7) is 1.88. The summed E-state index contributed by atoms with van der Waals surface area (Å²) >= 11 is 12.1. The molecule has 5 nitrogen and oxygen atoms in total. The van der Waals surface area contributed by atoms with Gasteiger partial charge in [0.25, 0.3) is 5.91 Å². The SMILES string of the molecule is CCc1ccc(C(=O)O)c(NC(=O)c2cccnc2Cl)c1Cl. The van der Waals surface area contributed by atoms with Crippen molar-refractivity contribution in [2.75, 3.05) is 5.32 Å². The summed E-state index contributed by atoms with van der Waals surface area (Å²) in [4.78, 5) is 27.4. The smallest absolute Gasteiger partial charge is 0.337 e. The predicted molar refractivity (Wildman–Crippen MR) is 85.0 cm³/mol. The summed E-state index contributed by atoms with van der Waals surface area (Å²) < 4.78 is 0. The van der Waals surface area contributed by atoms with Crippen LogP contribution in [0.25, 0.3) is 0 Å². The zero-order chi connectivity index (χ0) is 16.3. The highest BCUT2D eigenvalue weighted by atomic mass is 35.5. The molecule has 2 aromatic rings. The van der Waals surface area contributed by atoms with Gasteiger partial charge in [-0.1, -0.05) is 36.2 Å². The van der Waals surface area contributed by atoms with E-state index in [0.29, 0.717) is 6.42 Å². The quantitative estimate of drug-likeness (QED) is 0.828. The zero-order valence-electron chi connectivity index (χ0n) is 11.6. The fraction of sp³-hybridized carbons (Fsp3) is 0.133. The second kappa shape index (κ2) is 6.77. The van der Waals surface area contributed by atoms with Crippen LogP contribution in [-0.2, 0) is 6.42 Å². The van der Waals surface area contributed by atoms with Crippen LogP contribution in [0.5, 0.6) is 0 Å². The molecule has 0 saturated heterocycles. The molecule has 0 spiro atoms. The number of carbonyl (C=O) groups excluding carboxylic acids is 1. The third-order valence-electron chi connectivity index (χ3n) is 3.08. The number of aromatic carboxylic acids is 1. The molecule has 2 rings (SSSR count). The summed E-state index contributed by atoms with van der Waals surface area (Å²) in [6, 6.07) is 6.08. The molecule has 2 N–H and O–H groups in total. The number of carboxylic acids is 1. The highest BCUT2D eigenvalue weighted by Crippen LogP contribution is 2.31. The Hall–Kier alpha value is -2.11. The largest absolute Gasteiger partial charge is 0.478 e. The van der Waals surface area contributed by atoms with E-state index in [1.165, 1.54) is 18.3 Å². The van der Waals surface area contributed by atoms with Crippen LogP contribution in [0.3, 0.4) is 0 Å². The summed E-state index contributed by atoms with van der Waals surface area (Å²) in [7, 11) is 0. The summed E-state index contributed by atoms with van der Waals surface area (Å²) in [5.74, 6) is -1.76. The van der Waals surface area contributed by atoms with Gasteiger partial charge in [-0.3, -0.25) is 4.79 Å². The minimum Gasteiger partial charge on any atom is -0.478 e. The van der Waals surface area contributed by atoms with E-state index in [-0.39, 0.29) is 27.0 Å². The highest BCUT2D eigenvalue weighted by Gasteiger charge is 2.20. The van der Waals surface area contributed by atoms with Gasteiger partial charge in [-0.25, -0.2) is 9.78 Å². The number of rotatable bonds is 4. The Morgan fingerprint density at radius 3 is 2.55 bits per heavy atom. The predicted octanol–water partition coefficient (Wildman–Crippen LogP) is 3.90. The van der Waals surface area contributed by atoms with Crippen LogP contribution in [0.2, 0.25) is 10.2 Å². The van der Waals surface area contributed by atoms with Crippen LogP contribution < -0.4 is 5.32 Å². The Morgan fingerprint density at radius 2 is 1.95 bits per heavy atom. The standard InChI is InChI=1S/C15H12Cl2N2O3/c1-2-8-5-6-9(15(21)22)12(11(8)16)19-14(20)10-4-3-7-18-13(10)17/h3-7H,2H2,1H3,(H,19,20)(H,21,22). The molecule has 1 aromatic carbocycles. The Morgan fingerprint density at radius 1 is 1.23 bits per heavy atom. The number of pyridine rings is 1. The van der Waals surface area contributed by atoms with E-state index in [2.05, 4.69) is 10.3 Å². The molecule has 0 bridgehead atoms. The lowest BCUT2D eigenvalue weighted by molar-refractivity contribution is 0.0698. The summed E-state index contributed by atoms with van der Waals surface area (Å²) in [5.41, 5.74) is 0.840. The van der Waals surface area contributed by atoms with Gasteiger partial charge in [0.05, 0.1) is 21.8 Å². The minimum absolute atomic E-state index is 0.0274. The number of anilines is 1. The van der Waals surface area contributed by atoms with Gasteiger partial charge in [0, 0.05) is 6.20 Å². The van der Waals surface area contributed by atoms with Crippen LogP contribution in [0, 0.1) is 0 Å². The summed E-state index contributed by atoms with van der Waals surface area (Å²) in [6.07, 6.45) is 2.06. The van der Waals surface area contributed by atoms with Crippen LogP contribution in [0.15, 0.2) is 30.5 Å². The Labute approximate surface area is 136 Å². The number of aryl methyl sites for hydroxylation is 1. The van der Waals surface area contributed by atoms with Gasteiger partial charge in [0.2, 0.25) is 0 Å². The van der Waals surface area contributed by atoms with Crippen LogP contribution in [-0.4, -0.2) is 22.0 Å². The van der Waals surface area contributed by atoms with Crippen LogP contribution >= 0.6 is 23.2 Å². The molecule has 22 heavy (non-hydrogen) atoms. The lowest BCUT2D eigenvalue weighted by Crippen LogP contribution is -2.16. The van der Waals surface area contributed by atoms with Gasteiger partial charge in [-0.2, -0.15) is 0 Å². The van der Waals surface area contributed by atoms with Crippen molar-refractivity contribution < 1.29 is 14.7 Å². The lowest BCUT2D eigenvalue weighted by Gasteiger charge is -2.13. The average molecular weight is 339 g/mol. The van der Waals surface area contributed by atoms with E-state index < -0.39 is 11.9 Å². The molecule has 0 radical (unpaired) electrons. The van der Waals surface area contributed by atoms with Crippen molar-refractivity contribution in [1.29, 1.82) is 0 Å². The molecule has 1 heterocycles. The number of hydrogen-bond acceptors (Lipinski definition) is 3. The molecular formula is C15H12Cl2N2O3. The zero-order valence-corrected chi connectivity index (χ0v) is 13.1. The van der Waals surface area contributed by atoms with Crippen LogP contribution in [0.4, 0.5) is 5.69 Å². The van der Waals surface area contributed by atoms with Gasteiger partial charge >= 0.3 is 5.97 Å². The third kappa shape index (κ3) is 3.21. The third-order valence-corrected chi connectivity index (χ3v) is 3.81. The van der Waals surface area contributed by atoms with Crippen molar-refractivity contribution >= 4 is 40.8 Å². The average Bonchev–Trinajstić information content (AvgIpc) is 2.49. The molecule has 0 unspecified atom stereocenters. The van der Waals surface area contributed by atoms with Gasteiger partial charge in [-0.05, 0) is 30.2 Å². The van der Waals surface area contributed by atoms with Crippen molar-refractivity contribution in [2.45, 2.75) is 13.3 Å². The topological polar surface area (TPSA) is 79.3 Å². The molecule has 7 heteroatoms. The van der Waals surface area contributed by atoms with Crippen molar-refractivity contribution in [3.8, 4) is 0 Å². The number of hydrogen-bond donors (Lipinski definition) is 2. The van der Waals surface area contributed by atoms with E-state index in [9.17, 15) is 14.7 Å². The number of halogens is 2. The van der Waals surface area contributed by atoms with Gasteiger partial charge in [-0.15, -0.1) is 0 Å². The van der Waals surface area contributed by atoms with Crippen molar-refractivity contribution in [2.24, 2.45) is 0 Å².